The van der Waals surface area contributed by atoms with Gasteiger partial charge in [-0.2, -0.15) is 0 Å². The first kappa shape index (κ1) is 16.1. The van der Waals surface area contributed by atoms with Crippen molar-refractivity contribution in [3.05, 3.63) is 70.9 Å². The van der Waals surface area contributed by atoms with Gasteiger partial charge in [0, 0.05) is 28.5 Å². The van der Waals surface area contributed by atoms with Crippen LogP contribution in [0.15, 0.2) is 54.7 Å². The average Bonchev–Trinajstić information content (AvgIpc) is 2.52. The van der Waals surface area contributed by atoms with Crippen LogP contribution in [0.5, 0.6) is 5.75 Å². The summed E-state index contributed by atoms with van der Waals surface area (Å²) < 4.78 is 5.35. The smallest absolute Gasteiger partial charge is 0.187 e. The summed E-state index contributed by atoms with van der Waals surface area (Å²) in [6.45, 7) is 4.45. The van der Waals surface area contributed by atoms with Crippen molar-refractivity contribution in [2.45, 2.75) is 13.8 Å². The topological polar surface area (TPSA) is 38.3 Å². The van der Waals surface area contributed by atoms with Gasteiger partial charge < -0.3 is 10.1 Å². The number of carbonyl (C=O) groups is 1. The van der Waals surface area contributed by atoms with Crippen LogP contribution in [0.25, 0.3) is 0 Å². The molecule has 0 heterocycles. The number of halogens is 1. The molecular formula is C18H18ClNO2. The van der Waals surface area contributed by atoms with Crippen LogP contribution >= 0.6 is 11.6 Å². The number of carbonyl (C=O) groups excluding carboxylic acids is 1. The van der Waals surface area contributed by atoms with Crippen LogP contribution in [-0.2, 0) is 0 Å². The van der Waals surface area contributed by atoms with E-state index < -0.39 is 0 Å². The number of ketones is 1. The van der Waals surface area contributed by atoms with E-state index in [-0.39, 0.29) is 5.78 Å². The van der Waals surface area contributed by atoms with Gasteiger partial charge in [0.15, 0.2) is 5.78 Å². The number of hydrogen-bond acceptors (Lipinski definition) is 3. The first-order valence-corrected chi connectivity index (χ1v) is 7.45. The Morgan fingerprint density at radius 1 is 1.23 bits per heavy atom. The SMILES string of the molecule is CCOc1ccc(C(=O)/C=C/Nc2cccc(Cl)c2C)cc1. The average molecular weight is 316 g/mol. The Hall–Kier alpha value is -2.26. The fraction of sp³-hybridized carbons (Fsp3) is 0.167. The molecule has 3 nitrogen and oxygen atoms in total. The summed E-state index contributed by atoms with van der Waals surface area (Å²) in [5, 5.41) is 3.77. The van der Waals surface area contributed by atoms with Crippen LogP contribution in [0.1, 0.15) is 22.8 Å². The fourth-order valence-corrected chi connectivity index (χ4v) is 2.12. The standard InChI is InChI=1S/C18H18ClNO2/c1-3-22-15-9-7-14(8-10-15)18(21)11-12-20-17-6-4-5-16(19)13(17)2/h4-12,20H,3H2,1-2H3/b12-11+. The second kappa shape index (κ2) is 7.66. The third-order valence-corrected chi connectivity index (χ3v) is 3.60. The maximum Gasteiger partial charge on any atom is 0.187 e. The Morgan fingerprint density at radius 3 is 2.64 bits per heavy atom. The first-order valence-electron chi connectivity index (χ1n) is 7.07. The number of rotatable bonds is 6. The Bertz CT molecular complexity index is 678. The zero-order valence-electron chi connectivity index (χ0n) is 12.6. The number of ether oxygens (including phenoxy) is 1. The van der Waals surface area contributed by atoms with E-state index in [0.717, 1.165) is 17.0 Å². The lowest BCUT2D eigenvalue weighted by Crippen LogP contribution is -1.98. The van der Waals surface area contributed by atoms with Gasteiger partial charge in [0.25, 0.3) is 0 Å². The molecule has 114 valence electrons. The van der Waals surface area contributed by atoms with Crippen molar-refractivity contribution in [2.75, 3.05) is 11.9 Å². The number of benzene rings is 2. The van der Waals surface area contributed by atoms with Gasteiger partial charge in [0.05, 0.1) is 6.61 Å². The lowest BCUT2D eigenvalue weighted by atomic mass is 10.1. The van der Waals surface area contributed by atoms with Gasteiger partial charge in [-0.1, -0.05) is 17.7 Å². The van der Waals surface area contributed by atoms with Crippen molar-refractivity contribution in [3.63, 3.8) is 0 Å². The summed E-state index contributed by atoms with van der Waals surface area (Å²) >= 11 is 6.05. The molecule has 0 radical (unpaired) electrons. The summed E-state index contributed by atoms with van der Waals surface area (Å²) in [6.07, 6.45) is 3.12. The molecule has 0 aliphatic carbocycles. The summed E-state index contributed by atoms with van der Waals surface area (Å²) in [4.78, 5) is 12.1. The Labute approximate surface area is 135 Å². The first-order chi connectivity index (χ1) is 10.6. The molecule has 0 aliphatic rings. The highest BCUT2D eigenvalue weighted by molar-refractivity contribution is 6.31. The maximum absolute atomic E-state index is 12.1. The molecule has 2 aromatic rings. The zero-order chi connectivity index (χ0) is 15.9. The highest BCUT2D eigenvalue weighted by Gasteiger charge is 2.03. The number of allylic oxidation sites excluding steroid dienone is 1. The lowest BCUT2D eigenvalue weighted by molar-refractivity contribution is 0.104. The summed E-state index contributed by atoms with van der Waals surface area (Å²) in [5.41, 5.74) is 2.44. The van der Waals surface area contributed by atoms with Crippen molar-refractivity contribution in [1.82, 2.24) is 0 Å². The minimum Gasteiger partial charge on any atom is -0.494 e. The van der Waals surface area contributed by atoms with Crippen LogP contribution in [-0.4, -0.2) is 12.4 Å². The van der Waals surface area contributed by atoms with Gasteiger partial charge in [0.1, 0.15) is 5.75 Å². The van der Waals surface area contributed by atoms with Crippen LogP contribution < -0.4 is 10.1 Å². The van der Waals surface area contributed by atoms with E-state index in [9.17, 15) is 4.79 Å². The highest BCUT2D eigenvalue weighted by atomic mass is 35.5. The van der Waals surface area contributed by atoms with Crippen molar-refractivity contribution in [2.24, 2.45) is 0 Å². The van der Waals surface area contributed by atoms with E-state index >= 15 is 0 Å². The second-order valence-electron chi connectivity index (χ2n) is 4.71. The Balaban J connectivity index is 2.00. The van der Waals surface area contributed by atoms with Crippen molar-refractivity contribution < 1.29 is 9.53 Å². The van der Waals surface area contributed by atoms with E-state index in [4.69, 9.17) is 16.3 Å². The maximum atomic E-state index is 12.1. The van der Waals surface area contributed by atoms with Gasteiger partial charge in [-0.25, -0.2) is 0 Å². The Morgan fingerprint density at radius 2 is 1.95 bits per heavy atom. The Kier molecular flexibility index (Phi) is 5.61. The highest BCUT2D eigenvalue weighted by Crippen LogP contribution is 2.22. The second-order valence-corrected chi connectivity index (χ2v) is 5.12. The quantitative estimate of drug-likeness (QED) is 0.611. The number of anilines is 1. The van der Waals surface area contributed by atoms with E-state index in [0.29, 0.717) is 17.2 Å². The van der Waals surface area contributed by atoms with Gasteiger partial charge >= 0.3 is 0 Å². The molecule has 22 heavy (non-hydrogen) atoms. The predicted molar refractivity (Wildman–Crippen MR) is 90.9 cm³/mol. The van der Waals surface area contributed by atoms with Gasteiger partial charge in [-0.3, -0.25) is 4.79 Å². The van der Waals surface area contributed by atoms with E-state index in [1.165, 1.54) is 6.08 Å². The molecule has 0 bridgehead atoms. The molecule has 2 rings (SSSR count). The van der Waals surface area contributed by atoms with Crippen molar-refractivity contribution in [1.29, 1.82) is 0 Å². The van der Waals surface area contributed by atoms with Crippen molar-refractivity contribution in [3.8, 4) is 5.75 Å². The van der Waals surface area contributed by atoms with Crippen LogP contribution in [0, 0.1) is 6.92 Å². The monoisotopic (exact) mass is 315 g/mol. The summed E-state index contributed by atoms with van der Waals surface area (Å²) in [5.74, 6) is 0.686. The lowest BCUT2D eigenvalue weighted by Gasteiger charge is -2.06. The molecule has 2 aromatic carbocycles. The molecule has 0 aliphatic heterocycles. The molecular weight excluding hydrogens is 298 g/mol. The van der Waals surface area contributed by atoms with E-state index in [1.54, 1.807) is 30.5 Å². The molecule has 0 spiro atoms. The van der Waals surface area contributed by atoms with Crippen LogP contribution in [0.4, 0.5) is 5.69 Å². The minimum absolute atomic E-state index is 0.0739. The van der Waals surface area contributed by atoms with E-state index in [2.05, 4.69) is 5.32 Å². The van der Waals surface area contributed by atoms with Gasteiger partial charge in [-0.05, 0) is 55.8 Å². The zero-order valence-corrected chi connectivity index (χ0v) is 13.4. The molecule has 0 saturated carbocycles. The van der Waals surface area contributed by atoms with E-state index in [1.807, 2.05) is 32.0 Å². The molecule has 0 amide bonds. The molecule has 0 unspecified atom stereocenters. The van der Waals surface area contributed by atoms with Crippen LogP contribution in [0.3, 0.4) is 0 Å². The van der Waals surface area contributed by atoms with Gasteiger partial charge in [-0.15, -0.1) is 0 Å². The largest absolute Gasteiger partial charge is 0.494 e. The predicted octanol–water partition coefficient (Wildman–Crippen LogP) is 4.86. The number of nitrogens with one attached hydrogen (secondary N) is 1. The third-order valence-electron chi connectivity index (χ3n) is 3.19. The van der Waals surface area contributed by atoms with Gasteiger partial charge in [0.2, 0.25) is 0 Å². The fourth-order valence-electron chi connectivity index (χ4n) is 1.95. The van der Waals surface area contributed by atoms with Crippen LogP contribution in [0.2, 0.25) is 5.02 Å². The molecule has 0 atom stereocenters. The molecule has 0 fully saturated rings. The molecule has 1 N–H and O–H groups in total. The number of hydrogen-bond donors (Lipinski definition) is 1. The minimum atomic E-state index is -0.0739. The third kappa shape index (κ3) is 4.12. The molecule has 0 saturated heterocycles. The molecule has 4 heteroatoms. The summed E-state index contributed by atoms with van der Waals surface area (Å²) in [6, 6.07) is 12.7. The summed E-state index contributed by atoms with van der Waals surface area (Å²) in [7, 11) is 0. The normalized spacial score (nSPS) is 10.7. The molecule has 0 aromatic heterocycles. The van der Waals surface area contributed by atoms with Crippen molar-refractivity contribution >= 4 is 23.1 Å².